The Morgan fingerprint density at radius 1 is 1.07 bits per heavy atom. The smallest absolute Gasteiger partial charge is 0.243 e. The molecule has 1 heterocycles. The highest BCUT2D eigenvalue weighted by atomic mass is 32.2. The van der Waals surface area contributed by atoms with Crippen molar-refractivity contribution in [1.82, 2.24) is 4.31 Å². The predicted molar refractivity (Wildman–Crippen MR) is 116 cm³/mol. The second-order valence-electron chi connectivity index (χ2n) is 7.25. The predicted octanol–water partition coefficient (Wildman–Crippen LogP) is 3.52. The molecule has 6 nitrogen and oxygen atoms in total. The molecule has 0 spiro atoms. The van der Waals surface area contributed by atoms with E-state index in [-0.39, 0.29) is 28.8 Å². The van der Waals surface area contributed by atoms with Gasteiger partial charge in [0.05, 0.1) is 22.9 Å². The summed E-state index contributed by atoms with van der Waals surface area (Å²) < 4.78 is 32.8. The number of amides is 1. The lowest BCUT2D eigenvalue weighted by molar-refractivity contribution is -0.113. The number of carbonyl (C=O) groups is 1. The molecule has 2 aromatic rings. The van der Waals surface area contributed by atoms with Crippen molar-refractivity contribution in [1.29, 1.82) is 0 Å². The molecule has 1 aliphatic heterocycles. The number of carbonyl (C=O) groups excluding carboxylic acids is 1. The van der Waals surface area contributed by atoms with Gasteiger partial charge in [-0.25, -0.2) is 8.42 Å². The molecule has 2 aromatic carbocycles. The van der Waals surface area contributed by atoms with Crippen LogP contribution in [0.3, 0.4) is 0 Å². The minimum absolute atomic E-state index is 0.137. The fraction of sp³-hybridized carbons (Fsp3) is 0.381. The van der Waals surface area contributed by atoms with Crippen molar-refractivity contribution in [3.05, 3.63) is 54.1 Å². The Kier molecular flexibility index (Phi) is 7.00. The van der Waals surface area contributed by atoms with Crippen LogP contribution in [0.4, 0.5) is 5.69 Å². The molecular weight excluding hydrogens is 408 g/mol. The molecule has 0 aromatic heterocycles. The number of nitrogens with zero attached hydrogens (tertiary/aromatic N) is 1. The monoisotopic (exact) mass is 434 g/mol. The number of benzene rings is 2. The highest BCUT2D eigenvalue weighted by Gasteiger charge is 2.32. The summed E-state index contributed by atoms with van der Waals surface area (Å²) >= 11 is 1.46. The van der Waals surface area contributed by atoms with Crippen LogP contribution in [-0.4, -0.2) is 49.7 Å². The first kappa shape index (κ1) is 21.8. The number of aryl methyl sites for hydroxylation is 1. The number of morpholine rings is 1. The van der Waals surface area contributed by atoms with Gasteiger partial charge < -0.3 is 10.1 Å². The topological polar surface area (TPSA) is 75.7 Å². The van der Waals surface area contributed by atoms with Crippen LogP contribution in [0.15, 0.2) is 58.3 Å². The molecule has 156 valence electrons. The second kappa shape index (κ2) is 9.30. The van der Waals surface area contributed by atoms with Gasteiger partial charge >= 0.3 is 0 Å². The van der Waals surface area contributed by atoms with Gasteiger partial charge in [-0.15, -0.1) is 11.8 Å². The van der Waals surface area contributed by atoms with E-state index < -0.39 is 10.0 Å². The number of hydrogen-bond donors (Lipinski definition) is 1. The standard InChI is InChI=1S/C21H26N2O4S2/c1-15-4-8-19(9-5-15)28-14-21(24)22-18-6-10-20(11-7-18)29(25,26)23-12-16(2)27-17(3)13-23/h4-11,16-17H,12-14H2,1-3H3,(H,22,24)/t16-,17-/m1/s1. The van der Waals surface area contributed by atoms with E-state index in [2.05, 4.69) is 5.32 Å². The number of rotatable bonds is 6. The van der Waals surface area contributed by atoms with Gasteiger partial charge in [0.15, 0.2) is 0 Å². The molecule has 0 unspecified atom stereocenters. The molecular formula is C21H26N2O4S2. The van der Waals surface area contributed by atoms with Crippen molar-refractivity contribution in [2.45, 2.75) is 42.8 Å². The Morgan fingerprint density at radius 3 is 2.24 bits per heavy atom. The molecule has 1 N–H and O–H groups in total. The maximum atomic E-state index is 12.9. The number of thioether (sulfide) groups is 1. The molecule has 0 aliphatic carbocycles. The van der Waals surface area contributed by atoms with Gasteiger partial charge in [-0.3, -0.25) is 4.79 Å². The summed E-state index contributed by atoms with van der Waals surface area (Å²) in [6, 6.07) is 14.3. The summed E-state index contributed by atoms with van der Waals surface area (Å²) in [5, 5.41) is 2.81. The summed E-state index contributed by atoms with van der Waals surface area (Å²) in [7, 11) is -3.59. The zero-order valence-corrected chi connectivity index (χ0v) is 18.4. The van der Waals surface area contributed by atoms with Crippen molar-refractivity contribution in [2.75, 3.05) is 24.2 Å². The lowest BCUT2D eigenvalue weighted by Crippen LogP contribution is -2.48. The van der Waals surface area contributed by atoms with Crippen molar-refractivity contribution in [3.63, 3.8) is 0 Å². The molecule has 0 radical (unpaired) electrons. The summed E-state index contributed by atoms with van der Waals surface area (Å²) in [6.45, 7) is 6.42. The molecule has 1 saturated heterocycles. The Morgan fingerprint density at radius 2 is 1.66 bits per heavy atom. The van der Waals surface area contributed by atoms with Crippen molar-refractivity contribution in [2.24, 2.45) is 0 Å². The quantitative estimate of drug-likeness (QED) is 0.704. The third kappa shape index (κ3) is 5.82. The highest BCUT2D eigenvalue weighted by Crippen LogP contribution is 2.23. The molecule has 3 rings (SSSR count). The zero-order valence-electron chi connectivity index (χ0n) is 16.8. The molecule has 1 fully saturated rings. The SMILES string of the molecule is Cc1ccc(SCC(=O)Nc2ccc(S(=O)(=O)N3C[C@@H](C)O[C@H](C)C3)cc2)cc1. The van der Waals surface area contributed by atoms with Gasteiger partial charge in [-0.1, -0.05) is 17.7 Å². The fourth-order valence-electron chi connectivity index (χ4n) is 3.17. The Bertz CT molecular complexity index is 934. The summed E-state index contributed by atoms with van der Waals surface area (Å²) in [5.41, 5.74) is 1.75. The van der Waals surface area contributed by atoms with E-state index in [0.717, 1.165) is 4.90 Å². The van der Waals surface area contributed by atoms with Crippen LogP contribution in [0.25, 0.3) is 0 Å². The van der Waals surface area contributed by atoms with Gasteiger partial charge in [0, 0.05) is 23.7 Å². The first-order chi connectivity index (χ1) is 13.7. The average Bonchev–Trinajstić information content (AvgIpc) is 2.67. The minimum Gasteiger partial charge on any atom is -0.373 e. The summed E-state index contributed by atoms with van der Waals surface area (Å²) in [4.78, 5) is 13.4. The van der Waals surface area contributed by atoms with Crippen LogP contribution in [-0.2, 0) is 19.6 Å². The number of anilines is 1. The van der Waals surface area contributed by atoms with Gasteiger partial charge in [-0.05, 0) is 57.2 Å². The average molecular weight is 435 g/mol. The number of sulfonamides is 1. The Balaban J connectivity index is 1.59. The van der Waals surface area contributed by atoms with Gasteiger partial charge in [0.2, 0.25) is 15.9 Å². The maximum Gasteiger partial charge on any atom is 0.243 e. The first-order valence-electron chi connectivity index (χ1n) is 9.49. The van der Waals surface area contributed by atoms with E-state index in [1.807, 2.05) is 45.0 Å². The molecule has 1 amide bonds. The molecule has 1 aliphatic rings. The van der Waals surface area contributed by atoms with E-state index in [0.29, 0.717) is 18.8 Å². The van der Waals surface area contributed by atoms with Gasteiger partial charge in [0.25, 0.3) is 0 Å². The lowest BCUT2D eigenvalue weighted by atomic mass is 10.2. The van der Waals surface area contributed by atoms with Crippen molar-refractivity contribution in [3.8, 4) is 0 Å². The van der Waals surface area contributed by atoms with Crippen LogP contribution in [0.1, 0.15) is 19.4 Å². The van der Waals surface area contributed by atoms with Crippen LogP contribution in [0.5, 0.6) is 0 Å². The van der Waals surface area contributed by atoms with Crippen molar-refractivity contribution < 1.29 is 17.9 Å². The van der Waals surface area contributed by atoms with E-state index in [4.69, 9.17) is 4.74 Å². The molecule has 0 saturated carbocycles. The molecule has 0 bridgehead atoms. The third-order valence-electron chi connectivity index (χ3n) is 4.55. The molecule has 29 heavy (non-hydrogen) atoms. The molecule has 2 atom stereocenters. The van der Waals surface area contributed by atoms with Gasteiger partial charge in [0.1, 0.15) is 0 Å². The third-order valence-corrected chi connectivity index (χ3v) is 7.41. The van der Waals surface area contributed by atoms with E-state index in [9.17, 15) is 13.2 Å². The fourth-order valence-corrected chi connectivity index (χ4v) is 5.46. The lowest BCUT2D eigenvalue weighted by Gasteiger charge is -2.34. The van der Waals surface area contributed by atoms with Crippen LogP contribution in [0.2, 0.25) is 0 Å². The Hall–Kier alpha value is -1.87. The van der Waals surface area contributed by atoms with Crippen LogP contribution < -0.4 is 5.32 Å². The minimum atomic E-state index is -3.59. The van der Waals surface area contributed by atoms with E-state index >= 15 is 0 Å². The number of nitrogens with one attached hydrogen (secondary N) is 1. The van der Waals surface area contributed by atoms with Gasteiger partial charge in [-0.2, -0.15) is 4.31 Å². The number of ether oxygens (including phenoxy) is 1. The van der Waals surface area contributed by atoms with Crippen LogP contribution in [0, 0.1) is 6.92 Å². The van der Waals surface area contributed by atoms with Crippen LogP contribution >= 0.6 is 11.8 Å². The van der Waals surface area contributed by atoms with Crippen molar-refractivity contribution >= 4 is 33.4 Å². The normalized spacial score (nSPS) is 20.4. The summed E-state index contributed by atoms with van der Waals surface area (Å²) in [5.74, 6) is 0.147. The Labute approximate surface area is 176 Å². The highest BCUT2D eigenvalue weighted by molar-refractivity contribution is 8.00. The number of hydrogen-bond acceptors (Lipinski definition) is 5. The largest absolute Gasteiger partial charge is 0.373 e. The maximum absolute atomic E-state index is 12.9. The van der Waals surface area contributed by atoms with E-state index in [1.54, 1.807) is 12.1 Å². The molecule has 8 heteroatoms. The zero-order chi connectivity index (χ0) is 21.0. The summed E-state index contributed by atoms with van der Waals surface area (Å²) in [6.07, 6.45) is -0.281. The second-order valence-corrected chi connectivity index (χ2v) is 10.2. The first-order valence-corrected chi connectivity index (χ1v) is 11.9. The van der Waals surface area contributed by atoms with E-state index in [1.165, 1.54) is 33.8 Å².